The van der Waals surface area contributed by atoms with Crippen molar-refractivity contribution in [3.05, 3.63) is 34.5 Å². The molecule has 1 atom stereocenters. The summed E-state index contributed by atoms with van der Waals surface area (Å²) in [5.74, 6) is 0.0988. The molecule has 0 saturated carbocycles. The molecule has 24 heavy (non-hydrogen) atoms. The molecule has 1 aromatic carbocycles. The molecule has 1 amide bonds. The molecule has 2 aromatic rings. The van der Waals surface area contributed by atoms with E-state index in [1.165, 1.54) is 0 Å². The summed E-state index contributed by atoms with van der Waals surface area (Å²) in [4.78, 5) is 14.2. The largest absolute Gasteiger partial charge is 0.464 e. The van der Waals surface area contributed by atoms with E-state index in [1.54, 1.807) is 11.2 Å². The highest BCUT2D eigenvalue weighted by Gasteiger charge is 2.17. The first-order valence-corrected chi connectivity index (χ1v) is 8.94. The fraction of sp³-hybridized carbons (Fsp3) is 0.526. The summed E-state index contributed by atoms with van der Waals surface area (Å²) in [5.41, 5.74) is 2.64. The Hall–Kier alpha value is -1.52. The van der Waals surface area contributed by atoms with Gasteiger partial charge in [-0.05, 0) is 50.3 Å². The second-order valence-corrected chi connectivity index (χ2v) is 7.04. The van der Waals surface area contributed by atoms with Gasteiger partial charge in [0.25, 0.3) is 0 Å². The van der Waals surface area contributed by atoms with Crippen molar-refractivity contribution in [1.82, 2.24) is 4.90 Å². The summed E-state index contributed by atoms with van der Waals surface area (Å²) < 4.78 is 11.2. The van der Waals surface area contributed by atoms with Gasteiger partial charge in [0.1, 0.15) is 5.58 Å². The van der Waals surface area contributed by atoms with Crippen LogP contribution in [0.1, 0.15) is 36.8 Å². The minimum Gasteiger partial charge on any atom is -0.464 e. The van der Waals surface area contributed by atoms with Gasteiger partial charge in [-0.2, -0.15) is 0 Å². The zero-order chi connectivity index (χ0) is 17.1. The molecular weight excluding hydrogens is 326 g/mol. The van der Waals surface area contributed by atoms with Gasteiger partial charge in [0.05, 0.1) is 18.8 Å². The maximum absolute atomic E-state index is 12.5. The lowest BCUT2D eigenvalue weighted by Crippen LogP contribution is -2.29. The van der Waals surface area contributed by atoms with Crippen molar-refractivity contribution in [2.24, 2.45) is 0 Å². The minimum atomic E-state index is 0.0988. The summed E-state index contributed by atoms with van der Waals surface area (Å²) >= 11 is 6.20. The Balaban J connectivity index is 1.56. The molecule has 2 heterocycles. The molecule has 0 aliphatic carbocycles. The van der Waals surface area contributed by atoms with Crippen molar-refractivity contribution in [2.75, 3.05) is 20.2 Å². The standard InChI is InChI=1S/C19H24ClNO3/c1-13-9-18-16(11-17(13)20)14(12-24-18)10-19(22)21(2)7-3-5-15-6-4-8-23-15/h9,11-12,15H,3-8,10H2,1-2H3/t15-/m0/s1. The van der Waals surface area contributed by atoms with Crippen molar-refractivity contribution in [1.29, 1.82) is 0 Å². The Morgan fingerprint density at radius 3 is 3.00 bits per heavy atom. The number of amides is 1. The number of rotatable bonds is 6. The summed E-state index contributed by atoms with van der Waals surface area (Å²) in [6.45, 7) is 3.58. The van der Waals surface area contributed by atoms with Crippen LogP contribution in [-0.2, 0) is 16.0 Å². The van der Waals surface area contributed by atoms with Crippen LogP contribution in [0.3, 0.4) is 0 Å². The third-order valence-electron chi connectivity index (χ3n) is 4.75. The Morgan fingerprint density at radius 2 is 2.25 bits per heavy atom. The molecule has 1 saturated heterocycles. The van der Waals surface area contributed by atoms with Crippen molar-refractivity contribution in [3.63, 3.8) is 0 Å². The zero-order valence-electron chi connectivity index (χ0n) is 14.3. The van der Waals surface area contributed by atoms with Gasteiger partial charge in [0.2, 0.25) is 5.91 Å². The fourth-order valence-electron chi connectivity index (χ4n) is 3.19. The second kappa shape index (κ2) is 7.58. The van der Waals surface area contributed by atoms with Crippen LogP contribution in [0.5, 0.6) is 0 Å². The number of halogens is 1. The van der Waals surface area contributed by atoms with Gasteiger partial charge in [0, 0.05) is 36.2 Å². The van der Waals surface area contributed by atoms with Crippen LogP contribution in [0.4, 0.5) is 0 Å². The number of carbonyl (C=O) groups is 1. The molecule has 0 bridgehead atoms. The average molecular weight is 350 g/mol. The van der Waals surface area contributed by atoms with Gasteiger partial charge in [-0.3, -0.25) is 4.79 Å². The van der Waals surface area contributed by atoms with Gasteiger partial charge >= 0.3 is 0 Å². The smallest absolute Gasteiger partial charge is 0.226 e. The number of ether oxygens (including phenoxy) is 1. The van der Waals surface area contributed by atoms with E-state index in [-0.39, 0.29) is 5.91 Å². The summed E-state index contributed by atoms with van der Waals surface area (Å²) in [6, 6.07) is 3.80. The van der Waals surface area contributed by atoms with E-state index >= 15 is 0 Å². The highest BCUT2D eigenvalue weighted by Crippen LogP contribution is 2.28. The molecule has 1 aliphatic heterocycles. The average Bonchev–Trinajstić information content (AvgIpc) is 3.19. The van der Waals surface area contributed by atoms with Crippen LogP contribution >= 0.6 is 11.6 Å². The molecule has 1 fully saturated rings. The van der Waals surface area contributed by atoms with E-state index in [0.717, 1.165) is 60.9 Å². The molecule has 0 N–H and O–H groups in total. The maximum Gasteiger partial charge on any atom is 0.226 e. The van der Waals surface area contributed by atoms with Crippen LogP contribution in [0.25, 0.3) is 11.0 Å². The number of nitrogens with zero attached hydrogens (tertiary/aromatic N) is 1. The molecule has 130 valence electrons. The third-order valence-corrected chi connectivity index (χ3v) is 5.15. The van der Waals surface area contributed by atoms with Crippen LogP contribution in [-0.4, -0.2) is 37.1 Å². The van der Waals surface area contributed by atoms with Crippen molar-refractivity contribution >= 4 is 28.5 Å². The maximum atomic E-state index is 12.5. The number of fused-ring (bicyclic) bond motifs is 1. The predicted octanol–water partition coefficient (Wildman–Crippen LogP) is 4.35. The van der Waals surface area contributed by atoms with Crippen molar-refractivity contribution in [3.8, 4) is 0 Å². The first kappa shape index (κ1) is 17.3. The Morgan fingerprint density at radius 1 is 1.42 bits per heavy atom. The van der Waals surface area contributed by atoms with Crippen molar-refractivity contribution in [2.45, 2.75) is 45.1 Å². The van der Waals surface area contributed by atoms with Gasteiger partial charge in [-0.15, -0.1) is 0 Å². The Labute approximate surface area is 147 Å². The Bertz CT molecular complexity index is 719. The number of carbonyl (C=O) groups excluding carboxylic acids is 1. The molecule has 0 radical (unpaired) electrons. The topological polar surface area (TPSA) is 42.7 Å². The highest BCUT2D eigenvalue weighted by molar-refractivity contribution is 6.32. The SMILES string of the molecule is Cc1cc2occ(CC(=O)N(C)CCC[C@H]3CCCO3)c2cc1Cl. The quantitative estimate of drug-likeness (QED) is 0.778. The van der Waals surface area contributed by atoms with E-state index in [9.17, 15) is 4.79 Å². The molecule has 0 spiro atoms. The van der Waals surface area contributed by atoms with Gasteiger partial charge in [0.15, 0.2) is 0 Å². The van der Waals surface area contributed by atoms with Crippen LogP contribution < -0.4 is 0 Å². The van der Waals surface area contributed by atoms with E-state index in [1.807, 2.05) is 26.1 Å². The number of hydrogen-bond acceptors (Lipinski definition) is 3. The summed E-state index contributed by atoms with van der Waals surface area (Å²) in [5, 5.41) is 1.62. The van der Waals surface area contributed by atoms with E-state index in [0.29, 0.717) is 17.5 Å². The number of aryl methyl sites for hydroxylation is 1. The fourth-order valence-corrected chi connectivity index (χ4v) is 3.35. The van der Waals surface area contributed by atoms with E-state index in [4.69, 9.17) is 20.8 Å². The first-order valence-electron chi connectivity index (χ1n) is 8.56. The third kappa shape index (κ3) is 3.93. The monoisotopic (exact) mass is 349 g/mol. The molecule has 3 rings (SSSR count). The van der Waals surface area contributed by atoms with E-state index in [2.05, 4.69) is 0 Å². The lowest BCUT2D eigenvalue weighted by molar-refractivity contribution is -0.129. The molecule has 4 nitrogen and oxygen atoms in total. The Kier molecular flexibility index (Phi) is 5.47. The minimum absolute atomic E-state index is 0.0988. The predicted molar refractivity (Wildman–Crippen MR) is 95.5 cm³/mol. The zero-order valence-corrected chi connectivity index (χ0v) is 15.1. The second-order valence-electron chi connectivity index (χ2n) is 6.63. The molecule has 5 heteroatoms. The van der Waals surface area contributed by atoms with Crippen LogP contribution in [0.2, 0.25) is 5.02 Å². The van der Waals surface area contributed by atoms with Gasteiger partial charge in [-0.1, -0.05) is 11.6 Å². The molecular formula is C19H24ClNO3. The molecule has 1 aliphatic rings. The number of furan rings is 1. The number of hydrogen-bond donors (Lipinski definition) is 0. The first-order chi connectivity index (χ1) is 11.5. The number of likely N-dealkylation sites (N-methyl/N-ethyl adjacent to an activating group) is 1. The van der Waals surface area contributed by atoms with Crippen LogP contribution in [0.15, 0.2) is 22.8 Å². The lowest BCUT2D eigenvalue weighted by Gasteiger charge is -2.18. The highest BCUT2D eigenvalue weighted by atomic mass is 35.5. The van der Waals surface area contributed by atoms with Crippen LogP contribution in [0, 0.1) is 6.92 Å². The normalized spacial score (nSPS) is 17.5. The number of benzene rings is 1. The summed E-state index contributed by atoms with van der Waals surface area (Å²) in [7, 11) is 1.86. The van der Waals surface area contributed by atoms with Gasteiger partial charge in [-0.25, -0.2) is 0 Å². The van der Waals surface area contributed by atoms with Crippen molar-refractivity contribution < 1.29 is 13.9 Å². The summed E-state index contributed by atoms with van der Waals surface area (Å²) in [6.07, 6.45) is 6.71. The lowest BCUT2D eigenvalue weighted by atomic mass is 10.1. The van der Waals surface area contributed by atoms with E-state index < -0.39 is 0 Å². The molecule has 1 aromatic heterocycles. The van der Waals surface area contributed by atoms with Gasteiger partial charge < -0.3 is 14.1 Å². The molecule has 0 unspecified atom stereocenters.